The van der Waals surface area contributed by atoms with Crippen molar-refractivity contribution in [2.45, 2.75) is 12.5 Å². The Morgan fingerprint density at radius 1 is 1.16 bits per heavy atom. The molecule has 2 aliphatic rings. The maximum atomic E-state index is 13.8. The first-order valence-electron chi connectivity index (χ1n) is 12.3. The van der Waals surface area contributed by atoms with Crippen LogP contribution in [-0.2, 0) is 19.1 Å². The molecule has 200 valence electrons. The lowest BCUT2D eigenvalue weighted by Crippen LogP contribution is -2.47. The van der Waals surface area contributed by atoms with Crippen LogP contribution < -0.4 is 9.47 Å². The third-order valence-electron chi connectivity index (χ3n) is 6.50. The van der Waals surface area contributed by atoms with Gasteiger partial charge in [0.25, 0.3) is 5.91 Å². The molecule has 2 aliphatic heterocycles. The molecule has 1 atom stereocenters. The van der Waals surface area contributed by atoms with Crippen LogP contribution in [0.5, 0.6) is 11.5 Å². The fourth-order valence-electron chi connectivity index (χ4n) is 4.50. The van der Waals surface area contributed by atoms with Gasteiger partial charge in [-0.3, -0.25) is 14.5 Å². The third kappa shape index (κ3) is 6.67. The first-order chi connectivity index (χ1) is 18.0. The van der Waals surface area contributed by atoms with Gasteiger partial charge in [-0.15, -0.1) is 11.3 Å². The van der Waals surface area contributed by atoms with Crippen molar-refractivity contribution in [3.05, 3.63) is 46.2 Å². The van der Waals surface area contributed by atoms with E-state index in [0.717, 1.165) is 29.2 Å². The fourth-order valence-corrected chi connectivity index (χ4v) is 5.22. The summed E-state index contributed by atoms with van der Waals surface area (Å²) in [6.45, 7) is 3.83. The molecule has 2 amide bonds. The van der Waals surface area contributed by atoms with Crippen molar-refractivity contribution in [1.29, 1.82) is 0 Å². The van der Waals surface area contributed by atoms with E-state index in [9.17, 15) is 9.59 Å². The minimum Gasteiger partial charge on any atom is -0.497 e. The van der Waals surface area contributed by atoms with E-state index in [2.05, 4.69) is 4.90 Å². The highest BCUT2D eigenvalue weighted by Crippen LogP contribution is 2.39. The smallest absolute Gasteiger partial charge is 0.262 e. The Labute approximate surface area is 221 Å². The third-order valence-corrected chi connectivity index (χ3v) is 7.42. The number of carbonyl (C=O) groups excluding carboxylic acids is 2. The number of amides is 2. The summed E-state index contributed by atoms with van der Waals surface area (Å²) in [6.07, 6.45) is 0.523. The number of hydrogen-bond acceptors (Lipinski definition) is 9. The van der Waals surface area contributed by atoms with Crippen LogP contribution in [0.2, 0.25) is 0 Å². The molecular formula is C26H34N4O6S. The van der Waals surface area contributed by atoms with Gasteiger partial charge in [-0.2, -0.15) is 5.10 Å². The average Bonchev–Trinajstić information content (AvgIpc) is 3.62. The summed E-state index contributed by atoms with van der Waals surface area (Å²) in [6, 6.07) is 9.09. The van der Waals surface area contributed by atoms with Gasteiger partial charge in [-0.25, -0.2) is 5.01 Å². The van der Waals surface area contributed by atoms with Gasteiger partial charge >= 0.3 is 0 Å². The van der Waals surface area contributed by atoms with Gasteiger partial charge in [-0.1, -0.05) is 6.07 Å². The number of carbonyl (C=O) groups is 2. The van der Waals surface area contributed by atoms with Gasteiger partial charge in [0.1, 0.15) is 24.7 Å². The normalized spacial score (nSPS) is 18.0. The quantitative estimate of drug-likeness (QED) is 0.440. The summed E-state index contributed by atoms with van der Waals surface area (Å²) in [4.78, 5) is 31.4. The van der Waals surface area contributed by atoms with Crippen LogP contribution in [0.15, 0.2) is 40.8 Å². The van der Waals surface area contributed by atoms with Crippen molar-refractivity contribution in [2.24, 2.45) is 5.10 Å². The number of benzene rings is 1. The molecular weight excluding hydrogens is 496 g/mol. The molecule has 4 rings (SSSR count). The molecule has 10 nitrogen and oxygen atoms in total. The lowest BCUT2D eigenvalue weighted by atomic mass is 9.99. The first-order valence-corrected chi connectivity index (χ1v) is 13.1. The van der Waals surface area contributed by atoms with Crippen molar-refractivity contribution in [1.82, 2.24) is 14.8 Å². The Kier molecular flexibility index (Phi) is 9.51. The molecule has 3 heterocycles. The molecule has 0 bridgehead atoms. The predicted octanol–water partition coefficient (Wildman–Crippen LogP) is 2.25. The van der Waals surface area contributed by atoms with Gasteiger partial charge in [0.15, 0.2) is 0 Å². The SMILES string of the molecule is COCC(=O)N(CCN1CCOCC1)CC(=O)N1N=C(c2cccs2)C[C@@H]1c1cc(OC)ccc1OC. The van der Waals surface area contributed by atoms with E-state index in [1.165, 1.54) is 12.1 Å². The number of hydrazone groups is 1. The molecule has 0 radical (unpaired) electrons. The molecule has 1 saturated heterocycles. The Balaban J connectivity index is 1.58. The Hall–Kier alpha value is -2.99. The zero-order valence-corrected chi connectivity index (χ0v) is 22.4. The molecule has 37 heavy (non-hydrogen) atoms. The Bertz CT molecular complexity index is 1090. The number of rotatable bonds is 11. The number of nitrogens with zero attached hydrogens (tertiary/aromatic N) is 4. The van der Waals surface area contributed by atoms with Crippen molar-refractivity contribution in [3.63, 3.8) is 0 Å². The van der Waals surface area contributed by atoms with Crippen LogP contribution >= 0.6 is 11.3 Å². The van der Waals surface area contributed by atoms with Crippen LogP contribution in [0.1, 0.15) is 22.9 Å². The molecule has 1 aromatic heterocycles. The van der Waals surface area contributed by atoms with Crippen LogP contribution in [0.3, 0.4) is 0 Å². The number of morpholine rings is 1. The van der Waals surface area contributed by atoms with E-state index in [-0.39, 0.29) is 25.0 Å². The highest BCUT2D eigenvalue weighted by molar-refractivity contribution is 7.12. The summed E-state index contributed by atoms with van der Waals surface area (Å²) in [5, 5.41) is 8.23. The summed E-state index contributed by atoms with van der Waals surface area (Å²) < 4.78 is 21.6. The average molecular weight is 531 g/mol. The summed E-state index contributed by atoms with van der Waals surface area (Å²) in [7, 11) is 4.68. The predicted molar refractivity (Wildman–Crippen MR) is 140 cm³/mol. The van der Waals surface area contributed by atoms with Gasteiger partial charge in [-0.05, 0) is 29.6 Å². The van der Waals surface area contributed by atoms with Crippen molar-refractivity contribution < 1.29 is 28.5 Å². The highest BCUT2D eigenvalue weighted by Gasteiger charge is 2.36. The summed E-state index contributed by atoms with van der Waals surface area (Å²) in [5.74, 6) is 0.801. The summed E-state index contributed by atoms with van der Waals surface area (Å²) in [5.41, 5.74) is 1.62. The van der Waals surface area contributed by atoms with E-state index in [1.807, 2.05) is 35.7 Å². The maximum Gasteiger partial charge on any atom is 0.262 e. The van der Waals surface area contributed by atoms with E-state index < -0.39 is 6.04 Å². The number of methoxy groups -OCH3 is 3. The zero-order valence-electron chi connectivity index (χ0n) is 21.6. The lowest BCUT2D eigenvalue weighted by Gasteiger charge is -2.31. The van der Waals surface area contributed by atoms with E-state index in [4.69, 9.17) is 24.0 Å². The molecule has 0 spiro atoms. The van der Waals surface area contributed by atoms with E-state index in [1.54, 1.807) is 30.5 Å². The monoisotopic (exact) mass is 530 g/mol. The van der Waals surface area contributed by atoms with Crippen molar-refractivity contribution in [3.8, 4) is 11.5 Å². The molecule has 0 unspecified atom stereocenters. The van der Waals surface area contributed by atoms with Gasteiger partial charge in [0.2, 0.25) is 5.91 Å². The molecule has 1 aromatic carbocycles. The van der Waals surface area contributed by atoms with Gasteiger partial charge < -0.3 is 23.8 Å². The molecule has 0 aliphatic carbocycles. The molecule has 0 N–H and O–H groups in total. The Morgan fingerprint density at radius 3 is 2.65 bits per heavy atom. The molecule has 2 aromatic rings. The largest absolute Gasteiger partial charge is 0.497 e. The van der Waals surface area contributed by atoms with Crippen molar-refractivity contribution >= 4 is 28.9 Å². The minimum absolute atomic E-state index is 0.0900. The topological polar surface area (TPSA) is 93.1 Å². The second kappa shape index (κ2) is 13.0. The van der Waals surface area contributed by atoms with Crippen LogP contribution in [0.25, 0.3) is 0 Å². The molecule has 1 fully saturated rings. The number of thiophene rings is 1. The first kappa shape index (κ1) is 27.1. The maximum absolute atomic E-state index is 13.8. The van der Waals surface area contributed by atoms with Crippen LogP contribution in [0, 0.1) is 0 Å². The van der Waals surface area contributed by atoms with Crippen LogP contribution in [-0.4, -0.2) is 106 Å². The number of ether oxygens (including phenoxy) is 4. The molecule has 11 heteroatoms. The van der Waals surface area contributed by atoms with Crippen LogP contribution in [0.4, 0.5) is 0 Å². The standard InChI is InChI=1S/C26H34N4O6S/c1-33-18-26(32)29(9-8-28-10-12-36-13-11-28)17-25(31)30-22(16-21(27-30)24-5-4-14-37-24)20-15-19(34-2)6-7-23(20)35-3/h4-7,14-15,22H,8-13,16-18H2,1-3H3/t22-/m1/s1. The van der Waals surface area contributed by atoms with E-state index in [0.29, 0.717) is 44.2 Å². The number of hydrogen-bond donors (Lipinski definition) is 0. The van der Waals surface area contributed by atoms with Gasteiger partial charge in [0, 0.05) is 45.3 Å². The summed E-state index contributed by atoms with van der Waals surface area (Å²) >= 11 is 1.58. The van der Waals surface area contributed by atoms with E-state index >= 15 is 0 Å². The second-order valence-electron chi connectivity index (χ2n) is 8.79. The second-order valence-corrected chi connectivity index (χ2v) is 9.74. The highest BCUT2D eigenvalue weighted by atomic mass is 32.1. The van der Waals surface area contributed by atoms with Crippen molar-refractivity contribution in [2.75, 3.05) is 73.9 Å². The Morgan fingerprint density at radius 2 is 1.97 bits per heavy atom. The fraction of sp³-hybridized carbons (Fsp3) is 0.500. The van der Waals surface area contributed by atoms with Gasteiger partial charge in [0.05, 0.1) is 44.1 Å². The lowest BCUT2D eigenvalue weighted by molar-refractivity contribution is -0.143. The minimum atomic E-state index is -0.395. The zero-order chi connectivity index (χ0) is 26.2. The molecule has 0 saturated carbocycles.